The van der Waals surface area contributed by atoms with Gasteiger partial charge in [-0.3, -0.25) is 9.69 Å². The minimum Gasteiger partial charge on any atom is -0.389 e. The number of ketones is 1. The lowest BCUT2D eigenvalue weighted by Crippen LogP contribution is -2.52. The van der Waals surface area contributed by atoms with Crippen LogP contribution in [0.1, 0.15) is 32.6 Å². The highest BCUT2D eigenvalue weighted by molar-refractivity contribution is 5.99. The van der Waals surface area contributed by atoms with Crippen molar-refractivity contribution >= 4 is 5.78 Å². The molecule has 0 radical (unpaired) electrons. The molecule has 3 nitrogen and oxygen atoms in total. The van der Waals surface area contributed by atoms with Gasteiger partial charge in [0.1, 0.15) is 0 Å². The zero-order valence-electron chi connectivity index (χ0n) is 10.9. The van der Waals surface area contributed by atoms with Gasteiger partial charge in [0, 0.05) is 0 Å². The Labute approximate surface area is 102 Å². The second-order valence-electron chi connectivity index (χ2n) is 6.27. The van der Waals surface area contributed by atoms with Gasteiger partial charge < -0.3 is 5.11 Å². The van der Waals surface area contributed by atoms with Crippen LogP contribution in [-0.2, 0) is 4.79 Å². The summed E-state index contributed by atoms with van der Waals surface area (Å²) in [6, 6.07) is 0. The van der Waals surface area contributed by atoms with Crippen LogP contribution in [0.5, 0.6) is 0 Å². The summed E-state index contributed by atoms with van der Waals surface area (Å²) in [7, 11) is 4.07. The summed E-state index contributed by atoms with van der Waals surface area (Å²) < 4.78 is 0. The SMILES string of the molecule is CC1=CC(=O)[C@H]2[C@]3(O)CCC[C@@H]3C[C@@]12N(C)C. The van der Waals surface area contributed by atoms with Gasteiger partial charge in [0.15, 0.2) is 5.78 Å². The fourth-order valence-corrected chi connectivity index (χ4v) is 4.74. The maximum absolute atomic E-state index is 12.3. The minimum absolute atomic E-state index is 0.142. The molecule has 2 saturated carbocycles. The number of rotatable bonds is 1. The van der Waals surface area contributed by atoms with E-state index in [-0.39, 0.29) is 17.2 Å². The molecule has 17 heavy (non-hydrogen) atoms. The van der Waals surface area contributed by atoms with Crippen LogP contribution in [0.4, 0.5) is 0 Å². The van der Waals surface area contributed by atoms with Crippen molar-refractivity contribution in [3.63, 3.8) is 0 Å². The highest BCUT2D eigenvalue weighted by Gasteiger charge is 2.68. The molecule has 4 atom stereocenters. The maximum atomic E-state index is 12.3. The van der Waals surface area contributed by atoms with E-state index in [1.165, 1.54) is 0 Å². The standard InChI is InChI=1S/C14H21NO2/c1-9-7-11(16)12-13(9,15(2)3)8-10-5-4-6-14(10,12)17/h7,10,12,17H,4-6,8H2,1-3H3/t10-,12-,13-,14+/m1/s1. The number of fused-ring (bicyclic) bond motifs is 3. The first-order valence-corrected chi connectivity index (χ1v) is 6.55. The highest BCUT2D eigenvalue weighted by Crippen LogP contribution is 2.61. The number of aliphatic hydroxyl groups is 1. The van der Waals surface area contributed by atoms with Crippen LogP contribution in [0.25, 0.3) is 0 Å². The average Bonchev–Trinajstić information content (AvgIpc) is 2.76. The first-order valence-electron chi connectivity index (χ1n) is 6.55. The van der Waals surface area contributed by atoms with E-state index in [4.69, 9.17) is 0 Å². The van der Waals surface area contributed by atoms with Crippen LogP contribution in [0.3, 0.4) is 0 Å². The van der Waals surface area contributed by atoms with E-state index in [2.05, 4.69) is 4.90 Å². The lowest BCUT2D eigenvalue weighted by molar-refractivity contribution is -0.129. The summed E-state index contributed by atoms with van der Waals surface area (Å²) in [5.74, 6) is 0.225. The number of hydrogen-bond donors (Lipinski definition) is 1. The van der Waals surface area contributed by atoms with Crippen molar-refractivity contribution in [1.29, 1.82) is 0 Å². The average molecular weight is 235 g/mol. The van der Waals surface area contributed by atoms with Crippen molar-refractivity contribution in [2.24, 2.45) is 11.8 Å². The summed E-state index contributed by atoms with van der Waals surface area (Å²) in [5.41, 5.74) is 0.187. The van der Waals surface area contributed by atoms with E-state index in [9.17, 15) is 9.90 Å². The van der Waals surface area contributed by atoms with E-state index in [1.807, 2.05) is 21.0 Å². The van der Waals surface area contributed by atoms with Crippen molar-refractivity contribution in [2.45, 2.75) is 43.7 Å². The molecule has 1 N–H and O–H groups in total. The molecule has 0 heterocycles. The summed E-state index contributed by atoms with van der Waals surface area (Å²) in [6.07, 6.45) is 5.63. The van der Waals surface area contributed by atoms with Crippen LogP contribution in [0.15, 0.2) is 11.6 Å². The highest BCUT2D eigenvalue weighted by atomic mass is 16.3. The number of hydrogen-bond acceptors (Lipinski definition) is 3. The van der Waals surface area contributed by atoms with Crippen molar-refractivity contribution in [3.8, 4) is 0 Å². The Morgan fingerprint density at radius 1 is 1.47 bits per heavy atom. The molecule has 2 fully saturated rings. The molecule has 0 saturated heterocycles. The third-order valence-corrected chi connectivity index (χ3v) is 5.50. The van der Waals surface area contributed by atoms with Crippen LogP contribution >= 0.6 is 0 Å². The molecule has 3 aliphatic rings. The molecular weight excluding hydrogens is 214 g/mol. The fraction of sp³-hybridized carbons (Fsp3) is 0.786. The van der Waals surface area contributed by atoms with E-state index in [1.54, 1.807) is 6.08 Å². The quantitative estimate of drug-likeness (QED) is 0.746. The minimum atomic E-state index is -0.740. The predicted molar refractivity (Wildman–Crippen MR) is 65.6 cm³/mol. The summed E-state index contributed by atoms with van der Waals surface area (Å²) in [5, 5.41) is 10.9. The summed E-state index contributed by atoms with van der Waals surface area (Å²) in [4.78, 5) is 14.4. The molecule has 0 aliphatic heterocycles. The predicted octanol–water partition coefficient (Wildman–Crippen LogP) is 1.37. The van der Waals surface area contributed by atoms with E-state index in [0.29, 0.717) is 5.92 Å². The van der Waals surface area contributed by atoms with Gasteiger partial charge in [-0.2, -0.15) is 0 Å². The van der Waals surface area contributed by atoms with Gasteiger partial charge in [0.05, 0.1) is 17.1 Å². The van der Waals surface area contributed by atoms with E-state index < -0.39 is 5.60 Å². The number of allylic oxidation sites excluding steroid dienone is 1. The summed E-state index contributed by atoms with van der Waals surface area (Å²) in [6.45, 7) is 2.04. The molecule has 3 aliphatic carbocycles. The molecule has 0 aromatic rings. The van der Waals surface area contributed by atoms with Gasteiger partial charge in [-0.15, -0.1) is 0 Å². The van der Waals surface area contributed by atoms with Crippen molar-refractivity contribution in [1.82, 2.24) is 4.90 Å². The summed E-state index contributed by atoms with van der Waals surface area (Å²) >= 11 is 0. The van der Waals surface area contributed by atoms with Gasteiger partial charge in [0.2, 0.25) is 0 Å². The smallest absolute Gasteiger partial charge is 0.163 e. The van der Waals surface area contributed by atoms with Gasteiger partial charge in [-0.05, 0) is 57.8 Å². The molecule has 3 heteroatoms. The monoisotopic (exact) mass is 235 g/mol. The zero-order valence-corrected chi connectivity index (χ0v) is 10.9. The Bertz CT molecular complexity index is 414. The van der Waals surface area contributed by atoms with Crippen molar-refractivity contribution in [3.05, 3.63) is 11.6 Å². The fourth-order valence-electron chi connectivity index (χ4n) is 4.74. The Morgan fingerprint density at radius 3 is 2.82 bits per heavy atom. The normalized spacial score (nSPS) is 48.5. The third kappa shape index (κ3) is 1.12. The van der Waals surface area contributed by atoms with Crippen LogP contribution < -0.4 is 0 Å². The Balaban J connectivity index is 2.13. The largest absolute Gasteiger partial charge is 0.389 e. The lowest BCUT2D eigenvalue weighted by atomic mass is 9.78. The molecule has 0 aromatic carbocycles. The molecule has 0 aromatic heterocycles. The molecule has 0 spiro atoms. The maximum Gasteiger partial charge on any atom is 0.163 e. The topological polar surface area (TPSA) is 40.5 Å². The van der Waals surface area contributed by atoms with E-state index in [0.717, 1.165) is 31.3 Å². The van der Waals surface area contributed by atoms with Gasteiger partial charge in [0.25, 0.3) is 0 Å². The third-order valence-electron chi connectivity index (χ3n) is 5.50. The Kier molecular flexibility index (Phi) is 2.15. The molecule has 0 unspecified atom stereocenters. The Hall–Kier alpha value is -0.670. The van der Waals surface area contributed by atoms with Crippen molar-refractivity contribution < 1.29 is 9.90 Å². The van der Waals surface area contributed by atoms with Crippen LogP contribution in [0, 0.1) is 11.8 Å². The van der Waals surface area contributed by atoms with Gasteiger partial charge >= 0.3 is 0 Å². The molecule has 0 bridgehead atoms. The van der Waals surface area contributed by atoms with Gasteiger partial charge in [-0.1, -0.05) is 6.42 Å². The Morgan fingerprint density at radius 2 is 2.18 bits per heavy atom. The molecule has 3 rings (SSSR count). The molecule has 94 valence electrons. The zero-order chi connectivity index (χ0) is 12.4. The molecule has 0 amide bonds. The number of carbonyl (C=O) groups excluding carboxylic acids is 1. The first kappa shape index (κ1) is 11.4. The number of carbonyl (C=O) groups is 1. The van der Waals surface area contributed by atoms with Crippen LogP contribution in [-0.4, -0.2) is 41.0 Å². The molecular formula is C14H21NO2. The van der Waals surface area contributed by atoms with E-state index >= 15 is 0 Å². The number of nitrogens with zero attached hydrogens (tertiary/aromatic N) is 1. The van der Waals surface area contributed by atoms with Crippen LogP contribution in [0.2, 0.25) is 0 Å². The first-order chi connectivity index (χ1) is 7.93. The second kappa shape index (κ2) is 3.21. The number of likely N-dealkylation sites (N-methyl/N-ethyl adjacent to an activating group) is 1. The van der Waals surface area contributed by atoms with Crippen molar-refractivity contribution in [2.75, 3.05) is 14.1 Å². The van der Waals surface area contributed by atoms with Gasteiger partial charge in [-0.25, -0.2) is 0 Å². The second-order valence-corrected chi connectivity index (χ2v) is 6.27. The lowest BCUT2D eigenvalue weighted by Gasteiger charge is -2.40.